The highest BCUT2D eigenvalue weighted by Crippen LogP contribution is 2.29. The average molecular weight is 279 g/mol. The van der Waals surface area contributed by atoms with Crippen LogP contribution in [-0.2, 0) is 11.3 Å². The maximum absolute atomic E-state index is 10.9. The van der Waals surface area contributed by atoms with Crippen LogP contribution in [0.25, 0.3) is 0 Å². The van der Waals surface area contributed by atoms with Gasteiger partial charge in [-0.05, 0) is 25.5 Å². The topological polar surface area (TPSA) is 59.0 Å². The van der Waals surface area contributed by atoms with Gasteiger partial charge in [-0.3, -0.25) is 9.69 Å². The molecule has 2 rings (SSSR count). The van der Waals surface area contributed by atoms with E-state index in [0.717, 1.165) is 36.4 Å². The summed E-state index contributed by atoms with van der Waals surface area (Å²) in [5, 5.41) is 8.96. The molecule has 0 aliphatic carbocycles. The number of likely N-dealkylation sites (tertiary alicyclic amines) is 1. The molecule has 110 valence electrons. The Morgan fingerprint density at radius 2 is 2.20 bits per heavy atom. The zero-order chi connectivity index (χ0) is 14.5. The molecule has 1 aliphatic rings. The van der Waals surface area contributed by atoms with Gasteiger partial charge in [-0.1, -0.05) is 6.07 Å². The number of carboxylic acids is 1. The molecular formula is C15H21NO4. The Labute approximate surface area is 119 Å². The maximum Gasteiger partial charge on any atom is 0.304 e. The SMILES string of the molecule is COc1ccc(CN2CCCC2CC(=O)O)c(OC)c1. The van der Waals surface area contributed by atoms with Gasteiger partial charge >= 0.3 is 5.97 Å². The molecule has 1 unspecified atom stereocenters. The van der Waals surface area contributed by atoms with E-state index in [2.05, 4.69) is 4.90 Å². The molecule has 1 atom stereocenters. The van der Waals surface area contributed by atoms with Crippen LogP contribution in [0.2, 0.25) is 0 Å². The summed E-state index contributed by atoms with van der Waals surface area (Å²) >= 11 is 0. The molecule has 0 radical (unpaired) electrons. The van der Waals surface area contributed by atoms with Crippen molar-refractivity contribution >= 4 is 5.97 Å². The predicted molar refractivity (Wildman–Crippen MR) is 75.2 cm³/mol. The molecule has 1 aliphatic heterocycles. The number of carboxylic acid groups (broad SMARTS) is 1. The van der Waals surface area contributed by atoms with Gasteiger partial charge < -0.3 is 14.6 Å². The molecule has 1 N–H and O–H groups in total. The minimum Gasteiger partial charge on any atom is -0.497 e. The number of benzene rings is 1. The van der Waals surface area contributed by atoms with Gasteiger partial charge in [0, 0.05) is 24.2 Å². The molecule has 20 heavy (non-hydrogen) atoms. The third-order valence-electron chi connectivity index (χ3n) is 3.78. The molecule has 5 nitrogen and oxygen atoms in total. The van der Waals surface area contributed by atoms with E-state index in [4.69, 9.17) is 14.6 Å². The van der Waals surface area contributed by atoms with E-state index in [1.165, 1.54) is 0 Å². The fraction of sp³-hybridized carbons (Fsp3) is 0.533. The average Bonchev–Trinajstić information content (AvgIpc) is 2.85. The molecule has 1 heterocycles. The Morgan fingerprint density at radius 3 is 2.85 bits per heavy atom. The molecule has 0 bridgehead atoms. The van der Waals surface area contributed by atoms with E-state index >= 15 is 0 Å². The lowest BCUT2D eigenvalue weighted by Gasteiger charge is -2.24. The van der Waals surface area contributed by atoms with Crippen LogP contribution in [0.3, 0.4) is 0 Å². The van der Waals surface area contributed by atoms with Crippen molar-refractivity contribution in [2.75, 3.05) is 20.8 Å². The summed E-state index contributed by atoms with van der Waals surface area (Å²) in [6.45, 7) is 1.65. The zero-order valence-corrected chi connectivity index (χ0v) is 12.0. The van der Waals surface area contributed by atoms with Crippen LogP contribution in [0.4, 0.5) is 0 Å². The van der Waals surface area contributed by atoms with E-state index in [1.807, 2.05) is 18.2 Å². The van der Waals surface area contributed by atoms with E-state index in [1.54, 1.807) is 14.2 Å². The van der Waals surface area contributed by atoms with E-state index < -0.39 is 5.97 Å². The van der Waals surface area contributed by atoms with Crippen LogP contribution in [0, 0.1) is 0 Å². The van der Waals surface area contributed by atoms with Crippen LogP contribution in [0.15, 0.2) is 18.2 Å². The van der Waals surface area contributed by atoms with Gasteiger partial charge in [-0.25, -0.2) is 0 Å². The first kappa shape index (κ1) is 14.7. The highest BCUT2D eigenvalue weighted by atomic mass is 16.5. The highest BCUT2D eigenvalue weighted by molar-refractivity contribution is 5.67. The van der Waals surface area contributed by atoms with Gasteiger partial charge in [0.2, 0.25) is 0 Å². The lowest BCUT2D eigenvalue weighted by Crippen LogP contribution is -2.31. The Morgan fingerprint density at radius 1 is 1.40 bits per heavy atom. The summed E-state index contributed by atoms with van der Waals surface area (Å²) in [6, 6.07) is 5.87. The standard InChI is InChI=1S/C15H21NO4/c1-19-13-6-5-11(14(9-13)20-2)10-16-7-3-4-12(16)8-15(17)18/h5-6,9,12H,3-4,7-8,10H2,1-2H3,(H,17,18). The quantitative estimate of drug-likeness (QED) is 0.864. The second-order valence-electron chi connectivity index (χ2n) is 5.04. The van der Waals surface area contributed by atoms with Crippen LogP contribution >= 0.6 is 0 Å². The summed E-state index contributed by atoms with van der Waals surface area (Å²) in [7, 11) is 3.26. The molecule has 1 aromatic rings. The van der Waals surface area contributed by atoms with E-state index in [0.29, 0.717) is 6.54 Å². The Hall–Kier alpha value is -1.75. The molecule has 1 aromatic carbocycles. The largest absolute Gasteiger partial charge is 0.497 e. The van der Waals surface area contributed by atoms with Crippen LogP contribution in [-0.4, -0.2) is 42.8 Å². The molecule has 0 saturated carbocycles. The first-order valence-electron chi connectivity index (χ1n) is 6.80. The molecule has 1 fully saturated rings. The van der Waals surface area contributed by atoms with E-state index in [9.17, 15) is 4.79 Å². The number of ether oxygens (including phenoxy) is 2. The zero-order valence-electron chi connectivity index (χ0n) is 12.0. The Balaban J connectivity index is 2.10. The lowest BCUT2D eigenvalue weighted by molar-refractivity contribution is -0.138. The van der Waals surface area contributed by atoms with Gasteiger partial charge in [-0.15, -0.1) is 0 Å². The summed E-state index contributed by atoms with van der Waals surface area (Å²) in [6.07, 6.45) is 2.21. The highest BCUT2D eigenvalue weighted by Gasteiger charge is 2.27. The number of nitrogens with zero attached hydrogens (tertiary/aromatic N) is 1. The summed E-state index contributed by atoms with van der Waals surface area (Å²) in [5.41, 5.74) is 1.06. The Kier molecular flexibility index (Phi) is 4.84. The van der Waals surface area contributed by atoms with Crippen molar-refractivity contribution in [2.45, 2.75) is 31.8 Å². The third-order valence-corrected chi connectivity index (χ3v) is 3.78. The van der Waals surface area contributed by atoms with Crippen molar-refractivity contribution in [1.29, 1.82) is 0 Å². The van der Waals surface area contributed by atoms with Crippen LogP contribution in [0.1, 0.15) is 24.8 Å². The number of aliphatic carboxylic acids is 1. The number of carbonyl (C=O) groups is 1. The fourth-order valence-corrected chi connectivity index (χ4v) is 2.74. The van der Waals surface area contributed by atoms with Gasteiger partial charge in [-0.2, -0.15) is 0 Å². The van der Waals surface area contributed by atoms with Gasteiger partial charge in [0.15, 0.2) is 0 Å². The number of hydrogen-bond acceptors (Lipinski definition) is 4. The number of rotatable bonds is 6. The van der Waals surface area contributed by atoms with Crippen molar-refractivity contribution in [3.8, 4) is 11.5 Å². The molecule has 0 amide bonds. The lowest BCUT2D eigenvalue weighted by atomic mass is 10.1. The first-order valence-corrected chi connectivity index (χ1v) is 6.80. The van der Waals surface area contributed by atoms with E-state index in [-0.39, 0.29) is 12.5 Å². The van der Waals surface area contributed by atoms with Crippen molar-refractivity contribution in [3.05, 3.63) is 23.8 Å². The molecular weight excluding hydrogens is 258 g/mol. The van der Waals surface area contributed by atoms with Gasteiger partial charge in [0.1, 0.15) is 11.5 Å². The molecule has 0 aromatic heterocycles. The number of methoxy groups -OCH3 is 2. The Bertz CT molecular complexity index is 475. The van der Waals surface area contributed by atoms with Crippen molar-refractivity contribution in [3.63, 3.8) is 0 Å². The fourth-order valence-electron chi connectivity index (χ4n) is 2.74. The monoisotopic (exact) mass is 279 g/mol. The number of hydrogen-bond donors (Lipinski definition) is 1. The normalized spacial score (nSPS) is 19.0. The van der Waals surface area contributed by atoms with Gasteiger partial charge in [0.05, 0.1) is 20.6 Å². The summed E-state index contributed by atoms with van der Waals surface area (Å²) in [5.74, 6) is 0.808. The minimum absolute atomic E-state index is 0.124. The third kappa shape index (κ3) is 3.42. The molecule has 0 spiro atoms. The summed E-state index contributed by atoms with van der Waals surface area (Å²) < 4.78 is 10.6. The van der Waals surface area contributed by atoms with Crippen molar-refractivity contribution in [1.82, 2.24) is 4.90 Å². The smallest absolute Gasteiger partial charge is 0.304 e. The van der Waals surface area contributed by atoms with Gasteiger partial charge in [0.25, 0.3) is 0 Å². The molecule has 1 saturated heterocycles. The maximum atomic E-state index is 10.9. The predicted octanol–water partition coefficient (Wildman–Crippen LogP) is 2.14. The van der Waals surface area contributed by atoms with Crippen LogP contribution in [0.5, 0.6) is 11.5 Å². The first-order chi connectivity index (χ1) is 9.63. The van der Waals surface area contributed by atoms with Crippen molar-refractivity contribution < 1.29 is 19.4 Å². The molecule has 5 heteroatoms. The summed E-state index contributed by atoms with van der Waals surface area (Å²) in [4.78, 5) is 13.1. The van der Waals surface area contributed by atoms with Crippen LogP contribution < -0.4 is 9.47 Å². The van der Waals surface area contributed by atoms with Crippen molar-refractivity contribution in [2.24, 2.45) is 0 Å². The second kappa shape index (κ2) is 6.61. The second-order valence-corrected chi connectivity index (χ2v) is 5.04. The minimum atomic E-state index is -0.733.